The summed E-state index contributed by atoms with van der Waals surface area (Å²) in [6.45, 7) is 13.2. The molecule has 7 heteroatoms. The first-order valence-corrected chi connectivity index (χ1v) is 12.3. The average molecular weight is 499 g/mol. The Kier molecular flexibility index (Phi) is 7.41. The second-order valence-electron chi connectivity index (χ2n) is 9.35. The summed E-state index contributed by atoms with van der Waals surface area (Å²) >= 11 is 6.41. The van der Waals surface area contributed by atoms with Crippen LogP contribution in [0, 0.1) is 5.92 Å². The van der Waals surface area contributed by atoms with E-state index in [0.29, 0.717) is 22.8 Å². The number of benzene rings is 2. The van der Waals surface area contributed by atoms with Crippen molar-refractivity contribution in [2.24, 2.45) is 5.92 Å². The zero-order chi connectivity index (χ0) is 25.3. The quantitative estimate of drug-likeness (QED) is 0.291. The van der Waals surface area contributed by atoms with Crippen LogP contribution in [0.1, 0.15) is 56.6 Å². The molecule has 1 fully saturated rings. The van der Waals surface area contributed by atoms with Gasteiger partial charge in [-0.1, -0.05) is 31.7 Å². The molecule has 0 heterocycles. The van der Waals surface area contributed by atoms with Crippen molar-refractivity contribution in [3.05, 3.63) is 59.7 Å². The normalized spacial score (nSPS) is 21.7. The van der Waals surface area contributed by atoms with Crippen molar-refractivity contribution < 1.29 is 28.5 Å². The van der Waals surface area contributed by atoms with Crippen molar-refractivity contribution in [2.75, 3.05) is 13.2 Å². The summed E-state index contributed by atoms with van der Waals surface area (Å²) in [6.07, 6.45) is 3.57. The number of esters is 2. The fourth-order valence-electron chi connectivity index (χ4n) is 5.43. The van der Waals surface area contributed by atoms with Gasteiger partial charge in [0.15, 0.2) is 0 Å². The first-order valence-electron chi connectivity index (χ1n) is 12.0. The van der Waals surface area contributed by atoms with Crippen molar-refractivity contribution in [2.45, 2.75) is 57.7 Å². The van der Waals surface area contributed by atoms with Crippen LogP contribution in [0.4, 0.5) is 0 Å². The number of fused-ring (bicyclic) bond motifs is 6. The molecule has 2 bridgehead atoms. The minimum absolute atomic E-state index is 0.203. The Bertz CT molecular complexity index is 1170. The van der Waals surface area contributed by atoms with Crippen LogP contribution in [0.3, 0.4) is 0 Å². The summed E-state index contributed by atoms with van der Waals surface area (Å²) < 4.78 is 23.4. The minimum atomic E-state index is -0.484. The molecule has 186 valence electrons. The maximum absolute atomic E-state index is 11.6. The lowest BCUT2D eigenvalue weighted by Gasteiger charge is -2.26. The molecule has 2 aromatic carbocycles. The molecule has 0 aliphatic heterocycles. The summed E-state index contributed by atoms with van der Waals surface area (Å²) in [5, 5.41) is 2.33. The minimum Gasteiger partial charge on any atom is -0.489 e. The van der Waals surface area contributed by atoms with Gasteiger partial charge in [0.2, 0.25) is 0 Å². The van der Waals surface area contributed by atoms with Gasteiger partial charge in [0.1, 0.15) is 36.9 Å². The van der Waals surface area contributed by atoms with E-state index in [2.05, 4.69) is 20.1 Å². The van der Waals surface area contributed by atoms with Crippen LogP contribution in [0.5, 0.6) is 11.5 Å². The molecule has 5 atom stereocenters. The SMILES string of the molecule is C=CC(=O)OC(C)COc1c2c(c(OCC(C)OC(=O)C=C)c3cc(Cl)ccc13)C1CCC2C1C. The van der Waals surface area contributed by atoms with E-state index in [-0.39, 0.29) is 13.2 Å². The molecule has 1 saturated carbocycles. The molecular weight excluding hydrogens is 468 g/mol. The van der Waals surface area contributed by atoms with Gasteiger partial charge in [0, 0.05) is 39.1 Å². The highest BCUT2D eigenvalue weighted by Crippen LogP contribution is 2.64. The van der Waals surface area contributed by atoms with E-state index in [1.807, 2.05) is 18.2 Å². The zero-order valence-corrected chi connectivity index (χ0v) is 21.1. The molecule has 2 aliphatic rings. The van der Waals surface area contributed by atoms with Gasteiger partial charge < -0.3 is 18.9 Å². The number of rotatable bonds is 10. The third-order valence-corrected chi connectivity index (χ3v) is 7.18. The Morgan fingerprint density at radius 2 is 1.43 bits per heavy atom. The first-order chi connectivity index (χ1) is 16.7. The van der Waals surface area contributed by atoms with Gasteiger partial charge in [-0.2, -0.15) is 0 Å². The fraction of sp³-hybridized carbons (Fsp3) is 0.429. The largest absolute Gasteiger partial charge is 0.489 e. The van der Waals surface area contributed by atoms with E-state index in [1.165, 1.54) is 0 Å². The summed E-state index contributed by atoms with van der Waals surface area (Å²) in [4.78, 5) is 23.2. The van der Waals surface area contributed by atoms with Crippen molar-refractivity contribution in [3.63, 3.8) is 0 Å². The van der Waals surface area contributed by atoms with Crippen LogP contribution >= 0.6 is 11.6 Å². The molecule has 0 radical (unpaired) electrons. The van der Waals surface area contributed by atoms with Gasteiger partial charge >= 0.3 is 11.9 Å². The third-order valence-electron chi connectivity index (χ3n) is 6.94. The number of ether oxygens (including phenoxy) is 4. The molecule has 2 aliphatic carbocycles. The number of hydrogen-bond acceptors (Lipinski definition) is 6. The molecule has 0 spiro atoms. The summed E-state index contributed by atoms with van der Waals surface area (Å²) in [5.74, 6) is 1.76. The maximum Gasteiger partial charge on any atom is 0.330 e. The van der Waals surface area contributed by atoms with Crippen LogP contribution in [-0.4, -0.2) is 37.4 Å². The van der Waals surface area contributed by atoms with Gasteiger partial charge in [-0.3, -0.25) is 0 Å². The highest BCUT2D eigenvalue weighted by Gasteiger charge is 2.48. The average Bonchev–Trinajstić information content (AvgIpc) is 3.33. The lowest BCUT2D eigenvalue weighted by Crippen LogP contribution is -2.22. The smallest absolute Gasteiger partial charge is 0.330 e. The second kappa shape index (κ2) is 10.3. The Hall–Kier alpha value is -2.99. The van der Waals surface area contributed by atoms with E-state index >= 15 is 0 Å². The zero-order valence-electron chi connectivity index (χ0n) is 20.3. The lowest BCUT2D eigenvalue weighted by atomic mass is 9.87. The number of carbonyl (C=O) groups is 2. The monoisotopic (exact) mass is 498 g/mol. The van der Waals surface area contributed by atoms with Gasteiger partial charge in [0.25, 0.3) is 0 Å². The van der Waals surface area contributed by atoms with Crippen molar-refractivity contribution in [1.82, 2.24) is 0 Å². The van der Waals surface area contributed by atoms with Crippen molar-refractivity contribution in [1.29, 1.82) is 0 Å². The van der Waals surface area contributed by atoms with Crippen LogP contribution in [0.15, 0.2) is 43.5 Å². The lowest BCUT2D eigenvalue weighted by molar-refractivity contribution is -0.144. The standard InChI is InChI=1S/C28H31ClO6/c1-6-23(30)34-15(3)13-32-27-21-9-8-18(29)12-22(21)28(33-14-16(4)35-24(31)7-2)26-20-11-10-19(17(20)5)25(26)27/h6-9,12,15-17,19-20H,1-2,10-11,13-14H2,3-5H3. The van der Waals surface area contributed by atoms with Crippen LogP contribution in [0.25, 0.3) is 10.8 Å². The van der Waals surface area contributed by atoms with E-state index in [4.69, 9.17) is 30.5 Å². The van der Waals surface area contributed by atoms with Crippen LogP contribution < -0.4 is 9.47 Å². The maximum atomic E-state index is 11.6. The summed E-state index contributed by atoms with van der Waals surface area (Å²) in [7, 11) is 0. The van der Waals surface area contributed by atoms with Crippen molar-refractivity contribution in [3.8, 4) is 11.5 Å². The third kappa shape index (κ3) is 4.90. The Labute approximate surface area is 210 Å². The Morgan fingerprint density at radius 3 is 1.91 bits per heavy atom. The predicted molar refractivity (Wildman–Crippen MR) is 135 cm³/mol. The second-order valence-corrected chi connectivity index (χ2v) is 9.79. The van der Waals surface area contributed by atoms with Gasteiger partial charge in [-0.15, -0.1) is 0 Å². The van der Waals surface area contributed by atoms with Crippen LogP contribution in [-0.2, 0) is 19.1 Å². The number of hydrogen-bond donors (Lipinski definition) is 0. The highest BCUT2D eigenvalue weighted by atomic mass is 35.5. The van der Waals surface area contributed by atoms with E-state index in [0.717, 1.165) is 58.4 Å². The molecule has 0 amide bonds. The molecule has 4 rings (SSSR count). The first kappa shape index (κ1) is 25.1. The van der Waals surface area contributed by atoms with E-state index < -0.39 is 24.1 Å². The topological polar surface area (TPSA) is 71.1 Å². The molecular formula is C28H31ClO6. The van der Waals surface area contributed by atoms with Gasteiger partial charge in [-0.05, 0) is 62.6 Å². The van der Waals surface area contributed by atoms with Crippen molar-refractivity contribution >= 4 is 34.3 Å². The van der Waals surface area contributed by atoms with Crippen LogP contribution in [0.2, 0.25) is 5.02 Å². The van der Waals surface area contributed by atoms with Gasteiger partial charge in [0.05, 0.1) is 0 Å². The fourth-order valence-corrected chi connectivity index (χ4v) is 5.60. The number of carbonyl (C=O) groups excluding carboxylic acids is 2. The molecule has 2 aromatic rings. The van der Waals surface area contributed by atoms with E-state index in [1.54, 1.807) is 13.8 Å². The van der Waals surface area contributed by atoms with E-state index in [9.17, 15) is 9.59 Å². The summed E-state index contributed by atoms with van der Waals surface area (Å²) in [5.41, 5.74) is 2.31. The molecule has 6 nitrogen and oxygen atoms in total. The summed E-state index contributed by atoms with van der Waals surface area (Å²) in [6, 6.07) is 5.66. The molecule has 5 unspecified atom stereocenters. The molecule has 35 heavy (non-hydrogen) atoms. The molecule has 0 N–H and O–H groups in total. The highest BCUT2D eigenvalue weighted by molar-refractivity contribution is 6.31. The molecule has 0 aromatic heterocycles. The predicted octanol–water partition coefficient (Wildman–Crippen LogP) is 6.10. The Morgan fingerprint density at radius 1 is 0.943 bits per heavy atom. The number of halogens is 1. The molecule has 0 saturated heterocycles. The Balaban J connectivity index is 1.75. The van der Waals surface area contributed by atoms with Gasteiger partial charge in [-0.25, -0.2) is 9.59 Å².